The van der Waals surface area contributed by atoms with Gasteiger partial charge in [0.15, 0.2) is 5.17 Å². The van der Waals surface area contributed by atoms with Gasteiger partial charge in [-0.1, -0.05) is 78.0 Å². The molecule has 0 aromatic heterocycles. The molecular formula is C25H23N3O2S. The molecule has 1 heterocycles. The number of carbonyl (C=O) groups is 2. The number of aryl methyl sites for hydroxylation is 1. The Balaban J connectivity index is 1.52. The molecule has 5 nitrogen and oxygen atoms in total. The molecule has 156 valence electrons. The summed E-state index contributed by atoms with van der Waals surface area (Å²) in [6, 6.07) is 27.0. The van der Waals surface area contributed by atoms with Crippen molar-refractivity contribution in [3.8, 4) is 0 Å². The van der Waals surface area contributed by atoms with Gasteiger partial charge >= 0.3 is 0 Å². The summed E-state index contributed by atoms with van der Waals surface area (Å²) in [5.74, 6) is -0.280. The lowest BCUT2D eigenvalue weighted by Crippen LogP contribution is -2.33. The molecule has 0 aliphatic carbocycles. The van der Waals surface area contributed by atoms with E-state index in [0.29, 0.717) is 11.7 Å². The molecule has 31 heavy (non-hydrogen) atoms. The van der Waals surface area contributed by atoms with Crippen LogP contribution < -0.4 is 5.32 Å². The summed E-state index contributed by atoms with van der Waals surface area (Å²) in [5.41, 5.74) is 3.64. The highest BCUT2D eigenvalue weighted by atomic mass is 32.2. The predicted molar refractivity (Wildman–Crippen MR) is 126 cm³/mol. The fourth-order valence-electron chi connectivity index (χ4n) is 3.27. The van der Waals surface area contributed by atoms with E-state index in [1.54, 1.807) is 4.90 Å². The van der Waals surface area contributed by atoms with Crippen LogP contribution in [0.15, 0.2) is 89.9 Å². The molecule has 1 atom stereocenters. The van der Waals surface area contributed by atoms with Crippen LogP contribution in [-0.2, 0) is 16.1 Å². The maximum Gasteiger partial charge on any atom is 0.242 e. The number of para-hydroxylation sites is 1. The largest absolute Gasteiger partial charge is 0.326 e. The first-order valence-corrected chi connectivity index (χ1v) is 11.0. The van der Waals surface area contributed by atoms with E-state index in [0.717, 1.165) is 22.5 Å². The maximum absolute atomic E-state index is 13.2. The van der Waals surface area contributed by atoms with Crippen LogP contribution in [0.1, 0.15) is 17.5 Å². The van der Waals surface area contributed by atoms with E-state index >= 15 is 0 Å². The lowest BCUT2D eigenvalue weighted by molar-refractivity contribution is -0.128. The maximum atomic E-state index is 13.2. The van der Waals surface area contributed by atoms with E-state index in [2.05, 4.69) is 5.32 Å². The molecule has 1 N–H and O–H groups in total. The number of benzene rings is 3. The molecule has 4 rings (SSSR count). The average Bonchev–Trinajstić information content (AvgIpc) is 3.05. The summed E-state index contributed by atoms with van der Waals surface area (Å²) in [4.78, 5) is 32.1. The number of rotatable bonds is 6. The number of aliphatic imine (C=N–C) groups is 1. The van der Waals surface area contributed by atoms with Crippen LogP contribution >= 0.6 is 11.8 Å². The highest BCUT2D eigenvalue weighted by Crippen LogP contribution is 2.33. The minimum absolute atomic E-state index is 0.0937. The van der Waals surface area contributed by atoms with Gasteiger partial charge in [-0.2, -0.15) is 0 Å². The van der Waals surface area contributed by atoms with Crippen LogP contribution in [0.25, 0.3) is 0 Å². The summed E-state index contributed by atoms with van der Waals surface area (Å²) in [6.45, 7) is 2.42. The number of hydrogen-bond acceptors (Lipinski definition) is 4. The summed E-state index contributed by atoms with van der Waals surface area (Å²) in [5, 5.41) is 3.00. The van der Waals surface area contributed by atoms with Crippen molar-refractivity contribution < 1.29 is 9.59 Å². The van der Waals surface area contributed by atoms with E-state index in [4.69, 9.17) is 4.99 Å². The molecule has 1 saturated heterocycles. The molecule has 0 unspecified atom stereocenters. The Bertz CT molecular complexity index is 1080. The van der Waals surface area contributed by atoms with Gasteiger partial charge in [-0.25, -0.2) is 4.99 Å². The summed E-state index contributed by atoms with van der Waals surface area (Å²) in [6.07, 6.45) is 0.0937. The fourth-order valence-corrected chi connectivity index (χ4v) is 4.42. The zero-order valence-electron chi connectivity index (χ0n) is 17.2. The van der Waals surface area contributed by atoms with E-state index in [1.807, 2.05) is 91.9 Å². The second kappa shape index (κ2) is 9.62. The Hall–Kier alpha value is -3.38. The molecule has 3 aromatic rings. The van der Waals surface area contributed by atoms with Gasteiger partial charge in [0.2, 0.25) is 11.8 Å². The number of anilines is 1. The van der Waals surface area contributed by atoms with Crippen LogP contribution in [-0.4, -0.2) is 27.1 Å². The predicted octanol–water partition coefficient (Wildman–Crippen LogP) is 5.16. The lowest BCUT2D eigenvalue weighted by atomic mass is 10.2. The monoisotopic (exact) mass is 429 g/mol. The lowest BCUT2D eigenvalue weighted by Gasteiger charge is -2.16. The standard InChI is InChI=1S/C25H23N3O2S/c1-18-12-14-21(15-13-18)26-23(29)16-22-24(30)28(17-19-8-4-2-5-9-19)25(31-22)27-20-10-6-3-7-11-20/h2-15,22H,16-17H2,1H3,(H,26,29)/t22-/m1/s1. The van der Waals surface area contributed by atoms with Crippen LogP contribution in [0.4, 0.5) is 11.4 Å². The van der Waals surface area contributed by atoms with Crippen molar-refractivity contribution in [3.05, 3.63) is 96.1 Å². The van der Waals surface area contributed by atoms with E-state index in [-0.39, 0.29) is 18.2 Å². The summed E-state index contributed by atoms with van der Waals surface area (Å²) in [7, 11) is 0. The van der Waals surface area contributed by atoms with Gasteiger partial charge in [0, 0.05) is 12.1 Å². The van der Waals surface area contributed by atoms with Crippen molar-refractivity contribution >= 4 is 40.1 Å². The van der Waals surface area contributed by atoms with E-state index in [1.165, 1.54) is 11.8 Å². The van der Waals surface area contributed by atoms with Gasteiger partial charge < -0.3 is 5.32 Å². The van der Waals surface area contributed by atoms with Crippen molar-refractivity contribution in [1.29, 1.82) is 0 Å². The van der Waals surface area contributed by atoms with Crippen molar-refractivity contribution in [2.75, 3.05) is 5.32 Å². The number of amidine groups is 1. The average molecular weight is 430 g/mol. The first-order chi connectivity index (χ1) is 15.1. The van der Waals surface area contributed by atoms with Crippen molar-refractivity contribution in [2.45, 2.75) is 25.1 Å². The Morgan fingerprint density at radius 2 is 1.61 bits per heavy atom. The third-order valence-corrected chi connectivity index (χ3v) is 6.07. The Labute approximate surface area is 186 Å². The molecule has 1 aliphatic heterocycles. The molecule has 0 spiro atoms. The quantitative estimate of drug-likeness (QED) is 0.589. The second-order valence-corrected chi connectivity index (χ2v) is 8.53. The van der Waals surface area contributed by atoms with Crippen LogP contribution in [0.5, 0.6) is 0 Å². The first kappa shape index (κ1) is 20.9. The second-order valence-electron chi connectivity index (χ2n) is 7.36. The normalized spacial score (nSPS) is 17.2. The Morgan fingerprint density at radius 1 is 0.968 bits per heavy atom. The molecule has 0 radical (unpaired) electrons. The molecule has 3 aromatic carbocycles. The molecule has 1 fully saturated rings. The Kier molecular flexibility index (Phi) is 6.48. The third kappa shape index (κ3) is 5.41. The molecule has 6 heteroatoms. The fraction of sp³-hybridized carbons (Fsp3) is 0.160. The summed E-state index contributed by atoms with van der Waals surface area (Å²) >= 11 is 1.35. The number of amides is 2. The number of nitrogens with one attached hydrogen (secondary N) is 1. The van der Waals surface area contributed by atoms with Crippen LogP contribution in [0.3, 0.4) is 0 Å². The first-order valence-electron chi connectivity index (χ1n) is 10.1. The molecule has 0 saturated carbocycles. The topological polar surface area (TPSA) is 61.8 Å². The highest BCUT2D eigenvalue weighted by Gasteiger charge is 2.39. The van der Waals surface area contributed by atoms with E-state index in [9.17, 15) is 9.59 Å². The number of thioether (sulfide) groups is 1. The van der Waals surface area contributed by atoms with Gasteiger partial charge in [0.05, 0.1) is 12.2 Å². The van der Waals surface area contributed by atoms with Gasteiger partial charge in [0.1, 0.15) is 5.25 Å². The van der Waals surface area contributed by atoms with Crippen LogP contribution in [0.2, 0.25) is 0 Å². The molecule has 0 bridgehead atoms. The minimum atomic E-state index is -0.503. The zero-order chi connectivity index (χ0) is 21.6. The van der Waals surface area contributed by atoms with Gasteiger partial charge in [0.25, 0.3) is 0 Å². The summed E-state index contributed by atoms with van der Waals surface area (Å²) < 4.78 is 0. The van der Waals surface area contributed by atoms with Crippen molar-refractivity contribution in [1.82, 2.24) is 4.90 Å². The van der Waals surface area contributed by atoms with Crippen molar-refractivity contribution in [3.63, 3.8) is 0 Å². The third-order valence-electron chi connectivity index (χ3n) is 4.89. The SMILES string of the molecule is Cc1ccc(NC(=O)C[C@H]2SC(=Nc3ccccc3)N(Cc3ccccc3)C2=O)cc1. The smallest absolute Gasteiger partial charge is 0.242 e. The zero-order valence-corrected chi connectivity index (χ0v) is 18.0. The van der Waals surface area contributed by atoms with Gasteiger partial charge in [-0.05, 0) is 36.8 Å². The number of carbonyl (C=O) groups excluding carboxylic acids is 2. The minimum Gasteiger partial charge on any atom is -0.326 e. The van der Waals surface area contributed by atoms with Crippen LogP contribution in [0, 0.1) is 6.92 Å². The molecule has 2 amide bonds. The molecule has 1 aliphatic rings. The van der Waals surface area contributed by atoms with E-state index < -0.39 is 5.25 Å². The number of nitrogens with zero attached hydrogens (tertiary/aromatic N) is 2. The van der Waals surface area contributed by atoms with Gasteiger partial charge in [-0.3, -0.25) is 14.5 Å². The van der Waals surface area contributed by atoms with Crippen molar-refractivity contribution in [2.24, 2.45) is 4.99 Å². The Morgan fingerprint density at radius 3 is 2.29 bits per heavy atom. The highest BCUT2D eigenvalue weighted by molar-refractivity contribution is 8.15. The molecular weight excluding hydrogens is 406 g/mol. The van der Waals surface area contributed by atoms with Gasteiger partial charge in [-0.15, -0.1) is 0 Å². The number of hydrogen-bond donors (Lipinski definition) is 1.